The lowest BCUT2D eigenvalue weighted by Crippen LogP contribution is -2.32. The van der Waals surface area contributed by atoms with Crippen LogP contribution in [0.25, 0.3) is 0 Å². The number of hydrogen-bond donors (Lipinski definition) is 3. The lowest BCUT2D eigenvalue weighted by Gasteiger charge is -2.14. The third kappa shape index (κ3) is 5.39. The molecule has 0 atom stereocenters. The molecular weight excluding hydrogens is 466 g/mol. The van der Waals surface area contributed by atoms with Gasteiger partial charge in [-0.3, -0.25) is 19.2 Å². The Morgan fingerprint density at radius 3 is 2.29 bits per heavy atom. The maximum Gasteiger partial charge on any atom is 0.325 e. The van der Waals surface area contributed by atoms with E-state index in [1.165, 1.54) is 44.8 Å². The van der Waals surface area contributed by atoms with Gasteiger partial charge in [0, 0.05) is 10.4 Å². The highest BCUT2D eigenvalue weighted by molar-refractivity contribution is 7.17. The SMILES string of the molecule is COc1cc(C(=O)NCC(=O)OCC(=O)Nc2sc3c(c2C(N)=O)CCC3)cc(OC)c1OC. The molecule has 34 heavy (non-hydrogen) atoms. The molecule has 0 aliphatic heterocycles. The second kappa shape index (κ2) is 10.9. The number of primary amides is 1. The number of fused-ring (bicyclic) bond motifs is 1. The molecule has 0 fully saturated rings. The van der Waals surface area contributed by atoms with Gasteiger partial charge in [-0.25, -0.2) is 0 Å². The average molecular weight is 492 g/mol. The van der Waals surface area contributed by atoms with Crippen LogP contribution in [0, 0.1) is 0 Å². The summed E-state index contributed by atoms with van der Waals surface area (Å²) in [7, 11) is 4.27. The van der Waals surface area contributed by atoms with Crippen LogP contribution in [-0.2, 0) is 27.2 Å². The fourth-order valence-corrected chi connectivity index (χ4v) is 4.89. The molecule has 0 unspecified atom stereocenters. The van der Waals surface area contributed by atoms with Crippen molar-refractivity contribution >= 4 is 40.0 Å². The Balaban J connectivity index is 1.53. The molecule has 0 spiro atoms. The molecule has 0 radical (unpaired) electrons. The monoisotopic (exact) mass is 491 g/mol. The van der Waals surface area contributed by atoms with Gasteiger partial charge in [-0.15, -0.1) is 11.3 Å². The van der Waals surface area contributed by atoms with Crippen molar-refractivity contribution < 1.29 is 38.1 Å². The Morgan fingerprint density at radius 1 is 1.03 bits per heavy atom. The van der Waals surface area contributed by atoms with Crippen LogP contribution in [0.5, 0.6) is 17.2 Å². The molecule has 1 heterocycles. The van der Waals surface area contributed by atoms with Crippen molar-refractivity contribution in [3.8, 4) is 17.2 Å². The third-order valence-corrected chi connectivity index (χ3v) is 6.31. The van der Waals surface area contributed by atoms with E-state index >= 15 is 0 Å². The van der Waals surface area contributed by atoms with Crippen molar-refractivity contribution in [2.75, 3.05) is 39.8 Å². The first-order valence-electron chi connectivity index (χ1n) is 10.3. The van der Waals surface area contributed by atoms with E-state index in [-0.39, 0.29) is 17.1 Å². The topological polar surface area (TPSA) is 155 Å². The highest BCUT2D eigenvalue weighted by atomic mass is 32.1. The van der Waals surface area contributed by atoms with Crippen molar-refractivity contribution in [2.24, 2.45) is 5.73 Å². The van der Waals surface area contributed by atoms with Gasteiger partial charge in [-0.2, -0.15) is 0 Å². The third-order valence-electron chi connectivity index (χ3n) is 5.11. The Hall–Kier alpha value is -3.80. The molecule has 2 aromatic rings. The molecule has 0 bridgehead atoms. The minimum absolute atomic E-state index is 0.171. The molecule has 1 aromatic heterocycles. The number of rotatable bonds is 10. The number of aryl methyl sites for hydroxylation is 1. The zero-order valence-corrected chi connectivity index (χ0v) is 19.8. The zero-order valence-electron chi connectivity index (χ0n) is 18.9. The van der Waals surface area contributed by atoms with E-state index in [9.17, 15) is 19.2 Å². The van der Waals surface area contributed by atoms with E-state index in [1.54, 1.807) is 0 Å². The summed E-state index contributed by atoms with van der Waals surface area (Å²) in [4.78, 5) is 49.5. The number of esters is 1. The van der Waals surface area contributed by atoms with Gasteiger partial charge in [0.1, 0.15) is 11.5 Å². The summed E-state index contributed by atoms with van der Waals surface area (Å²) < 4.78 is 20.5. The molecule has 0 saturated carbocycles. The molecule has 3 amide bonds. The fourth-order valence-electron chi connectivity index (χ4n) is 3.58. The summed E-state index contributed by atoms with van der Waals surface area (Å²) >= 11 is 1.30. The van der Waals surface area contributed by atoms with Gasteiger partial charge >= 0.3 is 5.97 Å². The van der Waals surface area contributed by atoms with Crippen LogP contribution in [0.15, 0.2) is 12.1 Å². The molecule has 182 valence electrons. The van der Waals surface area contributed by atoms with Crippen molar-refractivity contribution in [1.29, 1.82) is 0 Å². The van der Waals surface area contributed by atoms with E-state index in [1.807, 2.05) is 0 Å². The normalized spacial score (nSPS) is 11.9. The number of ether oxygens (including phenoxy) is 4. The Bertz CT molecular complexity index is 1100. The maximum absolute atomic E-state index is 12.4. The summed E-state index contributed by atoms with van der Waals surface area (Å²) in [5.74, 6) is -1.75. The van der Waals surface area contributed by atoms with E-state index in [4.69, 9.17) is 24.7 Å². The van der Waals surface area contributed by atoms with Crippen LogP contribution in [0.3, 0.4) is 0 Å². The molecule has 3 rings (SSSR count). The summed E-state index contributed by atoms with van der Waals surface area (Å²) in [6, 6.07) is 2.87. The number of methoxy groups -OCH3 is 3. The number of amides is 3. The first kappa shape index (κ1) is 24.8. The van der Waals surface area contributed by atoms with Gasteiger partial charge in [0.25, 0.3) is 17.7 Å². The van der Waals surface area contributed by atoms with Crippen LogP contribution < -0.4 is 30.6 Å². The largest absolute Gasteiger partial charge is 0.493 e. The Kier molecular flexibility index (Phi) is 7.95. The number of nitrogens with one attached hydrogen (secondary N) is 2. The van der Waals surface area contributed by atoms with E-state index < -0.39 is 36.8 Å². The highest BCUT2D eigenvalue weighted by Gasteiger charge is 2.26. The molecule has 12 heteroatoms. The number of carbonyl (C=O) groups excluding carboxylic acids is 4. The molecule has 4 N–H and O–H groups in total. The molecule has 1 aromatic carbocycles. The minimum atomic E-state index is -0.820. The second-order valence-electron chi connectivity index (χ2n) is 7.23. The van der Waals surface area contributed by atoms with E-state index in [0.29, 0.717) is 16.3 Å². The maximum atomic E-state index is 12.4. The number of hydrogen-bond acceptors (Lipinski definition) is 9. The number of carbonyl (C=O) groups is 4. The summed E-state index contributed by atoms with van der Waals surface area (Å²) in [5, 5.41) is 5.34. The Morgan fingerprint density at radius 2 is 1.71 bits per heavy atom. The summed E-state index contributed by atoms with van der Waals surface area (Å²) in [6.45, 7) is -1.05. The highest BCUT2D eigenvalue weighted by Crippen LogP contribution is 2.39. The van der Waals surface area contributed by atoms with Crippen LogP contribution in [0.2, 0.25) is 0 Å². The molecule has 1 aliphatic carbocycles. The van der Waals surface area contributed by atoms with E-state index in [0.717, 1.165) is 29.7 Å². The zero-order chi connectivity index (χ0) is 24.8. The van der Waals surface area contributed by atoms with Gasteiger partial charge < -0.3 is 35.3 Å². The van der Waals surface area contributed by atoms with Crippen molar-refractivity contribution in [3.05, 3.63) is 33.7 Å². The van der Waals surface area contributed by atoms with Gasteiger partial charge in [0.05, 0.1) is 26.9 Å². The average Bonchev–Trinajstić information content (AvgIpc) is 3.40. The van der Waals surface area contributed by atoms with Gasteiger partial charge in [-0.1, -0.05) is 0 Å². The van der Waals surface area contributed by atoms with Crippen LogP contribution >= 0.6 is 11.3 Å². The number of nitrogens with two attached hydrogens (primary N) is 1. The standard InChI is InChI=1S/C22H25N3O8S/c1-30-13-7-11(8-14(31-2)19(13)32-3)21(29)24-9-17(27)33-10-16(26)25-22-18(20(23)28)12-5-4-6-15(12)34-22/h7-8H,4-6,9-10H2,1-3H3,(H2,23,28)(H,24,29)(H,25,26). The summed E-state index contributed by atoms with van der Waals surface area (Å²) in [6.07, 6.45) is 2.51. The van der Waals surface area contributed by atoms with Crippen LogP contribution in [-0.4, -0.2) is 58.2 Å². The van der Waals surface area contributed by atoms with Crippen LogP contribution in [0.4, 0.5) is 5.00 Å². The van der Waals surface area contributed by atoms with Gasteiger partial charge in [0.2, 0.25) is 5.75 Å². The quantitative estimate of drug-likeness (QED) is 0.420. The first-order valence-corrected chi connectivity index (χ1v) is 11.1. The minimum Gasteiger partial charge on any atom is -0.493 e. The number of thiophene rings is 1. The lowest BCUT2D eigenvalue weighted by molar-refractivity contribution is -0.146. The smallest absolute Gasteiger partial charge is 0.325 e. The van der Waals surface area contributed by atoms with Crippen molar-refractivity contribution in [1.82, 2.24) is 5.32 Å². The fraction of sp³-hybridized carbons (Fsp3) is 0.364. The number of benzene rings is 1. The summed E-state index contributed by atoms with van der Waals surface area (Å²) in [5.41, 5.74) is 6.83. The van der Waals surface area contributed by atoms with Crippen molar-refractivity contribution in [3.63, 3.8) is 0 Å². The molecule has 1 aliphatic rings. The van der Waals surface area contributed by atoms with Crippen LogP contribution in [0.1, 0.15) is 37.6 Å². The molecular formula is C22H25N3O8S. The second-order valence-corrected chi connectivity index (χ2v) is 8.34. The van der Waals surface area contributed by atoms with Gasteiger partial charge in [-0.05, 0) is 37.0 Å². The van der Waals surface area contributed by atoms with E-state index in [2.05, 4.69) is 10.6 Å². The lowest BCUT2D eigenvalue weighted by atomic mass is 10.1. The molecule has 11 nitrogen and oxygen atoms in total. The predicted molar refractivity (Wildman–Crippen MR) is 123 cm³/mol. The van der Waals surface area contributed by atoms with Gasteiger partial charge in [0.15, 0.2) is 18.1 Å². The Labute approximate surface area is 199 Å². The number of anilines is 1. The van der Waals surface area contributed by atoms with Crippen molar-refractivity contribution in [2.45, 2.75) is 19.3 Å². The first-order chi connectivity index (χ1) is 16.3. The molecule has 0 saturated heterocycles. The predicted octanol–water partition coefficient (Wildman–Crippen LogP) is 1.27.